The lowest BCUT2D eigenvalue weighted by molar-refractivity contribution is -0.114. The van der Waals surface area contributed by atoms with Gasteiger partial charge in [0, 0.05) is 20.1 Å². The minimum Gasteiger partial charge on any atom is -0.350 e. The number of nitrogens with one attached hydrogen (secondary N) is 2. The van der Waals surface area contributed by atoms with Crippen molar-refractivity contribution in [2.45, 2.75) is 26.3 Å². The molecule has 0 radical (unpaired) electrons. The number of carbonyl (C=O) groups excluding carboxylic acids is 2. The largest absolute Gasteiger partial charge is 0.350 e. The van der Waals surface area contributed by atoms with Gasteiger partial charge in [-0.1, -0.05) is 19.1 Å². The second-order valence-corrected chi connectivity index (χ2v) is 9.22. The van der Waals surface area contributed by atoms with Gasteiger partial charge in [-0.15, -0.1) is 0 Å². The molecule has 168 valence electrons. The molecule has 2 aromatic rings. The molecule has 2 amide bonds. The molecule has 2 aromatic carbocycles. The number of amides is 2. The first-order chi connectivity index (χ1) is 14.6. The Kier molecular flexibility index (Phi) is 8.12. The maximum atomic E-state index is 13.3. The number of halogens is 1. The molecule has 0 spiro atoms. The van der Waals surface area contributed by atoms with Crippen molar-refractivity contribution in [3.63, 3.8) is 0 Å². The molecule has 0 saturated carbocycles. The first-order valence-electron chi connectivity index (χ1n) is 9.71. The van der Waals surface area contributed by atoms with Gasteiger partial charge in [0.1, 0.15) is 12.4 Å². The van der Waals surface area contributed by atoms with Crippen LogP contribution in [-0.4, -0.2) is 51.2 Å². The lowest BCUT2D eigenvalue weighted by Crippen LogP contribution is -2.44. The number of nitrogens with zero attached hydrogens (tertiary/aromatic N) is 2. The molecule has 0 fully saturated rings. The van der Waals surface area contributed by atoms with E-state index < -0.39 is 28.5 Å². The molecule has 0 bridgehead atoms. The number of rotatable bonds is 9. The third-order valence-corrected chi connectivity index (χ3v) is 6.40. The van der Waals surface area contributed by atoms with Gasteiger partial charge in [-0.25, -0.2) is 8.70 Å². The van der Waals surface area contributed by atoms with Gasteiger partial charge in [0.05, 0.1) is 16.9 Å². The van der Waals surface area contributed by atoms with Crippen molar-refractivity contribution >= 4 is 33.4 Å². The topological polar surface area (TPSA) is 98.8 Å². The molecular formula is C21H27FN4O4S. The fourth-order valence-electron chi connectivity index (χ4n) is 2.62. The third-order valence-electron chi connectivity index (χ3n) is 4.58. The molecular weight excluding hydrogens is 423 g/mol. The lowest BCUT2D eigenvalue weighted by atomic mass is 10.1. The Hall–Kier alpha value is -2.98. The van der Waals surface area contributed by atoms with E-state index in [0.29, 0.717) is 0 Å². The molecule has 10 heteroatoms. The standard InChI is InChI=1S/C21H27FN4O4S/c1-5-15(2)23-21(28)18-8-6-7-9-19(18)24-20(27)14-26(31(29,30)25(3)4)17-12-10-16(22)11-13-17/h6-13,15H,5,14H2,1-4H3,(H,23,28)(H,24,27)/t15-/m1/s1. The van der Waals surface area contributed by atoms with E-state index in [0.717, 1.165) is 27.2 Å². The average Bonchev–Trinajstić information content (AvgIpc) is 2.72. The molecule has 0 aliphatic rings. The highest BCUT2D eigenvalue weighted by molar-refractivity contribution is 7.90. The second-order valence-electron chi connectivity index (χ2n) is 7.15. The highest BCUT2D eigenvalue weighted by Gasteiger charge is 2.27. The van der Waals surface area contributed by atoms with E-state index in [1.807, 2.05) is 13.8 Å². The van der Waals surface area contributed by atoms with Crippen LogP contribution in [0.1, 0.15) is 30.6 Å². The monoisotopic (exact) mass is 450 g/mol. The zero-order valence-electron chi connectivity index (χ0n) is 17.9. The summed E-state index contributed by atoms with van der Waals surface area (Å²) in [5.41, 5.74) is 0.655. The summed E-state index contributed by atoms with van der Waals surface area (Å²) in [5.74, 6) is -1.53. The van der Waals surface area contributed by atoms with Gasteiger partial charge in [0.2, 0.25) is 5.91 Å². The van der Waals surface area contributed by atoms with E-state index in [4.69, 9.17) is 0 Å². The number of anilines is 2. The van der Waals surface area contributed by atoms with E-state index in [9.17, 15) is 22.4 Å². The number of hydrogen-bond acceptors (Lipinski definition) is 4. The van der Waals surface area contributed by atoms with Crippen molar-refractivity contribution in [2.24, 2.45) is 0 Å². The zero-order valence-corrected chi connectivity index (χ0v) is 18.7. The van der Waals surface area contributed by atoms with E-state index >= 15 is 0 Å². The van der Waals surface area contributed by atoms with E-state index in [-0.39, 0.29) is 28.9 Å². The molecule has 31 heavy (non-hydrogen) atoms. The fourth-order valence-corrected chi connectivity index (χ4v) is 3.69. The maximum Gasteiger partial charge on any atom is 0.304 e. The molecule has 0 aromatic heterocycles. The first kappa shape index (κ1) is 24.3. The summed E-state index contributed by atoms with van der Waals surface area (Å²) in [6.07, 6.45) is 0.745. The molecule has 0 saturated heterocycles. The number of carbonyl (C=O) groups is 2. The highest BCUT2D eigenvalue weighted by atomic mass is 32.2. The molecule has 2 rings (SSSR count). The summed E-state index contributed by atoms with van der Waals surface area (Å²) >= 11 is 0. The summed E-state index contributed by atoms with van der Waals surface area (Å²) in [5, 5.41) is 5.44. The molecule has 8 nitrogen and oxygen atoms in total. The van der Waals surface area contributed by atoms with E-state index in [1.165, 1.54) is 26.2 Å². The van der Waals surface area contributed by atoms with Gasteiger partial charge in [-0.05, 0) is 49.7 Å². The predicted octanol–water partition coefficient (Wildman–Crippen LogP) is 2.61. The van der Waals surface area contributed by atoms with E-state index in [1.54, 1.807) is 24.3 Å². The Labute approximate surface area is 182 Å². The average molecular weight is 451 g/mol. The summed E-state index contributed by atoms with van der Waals surface area (Å²) in [4.78, 5) is 25.3. The van der Waals surface area contributed by atoms with Gasteiger partial charge in [-0.2, -0.15) is 12.7 Å². The predicted molar refractivity (Wildman–Crippen MR) is 119 cm³/mol. The summed E-state index contributed by atoms with van der Waals surface area (Å²) in [6.45, 7) is 3.24. The van der Waals surface area contributed by atoms with Gasteiger partial charge >= 0.3 is 10.2 Å². The minimum atomic E-state index is -4.03. The Balaban J connectivity index is 2.28. The number of hydrogen-bond donors (Lipinski definition) is 2. The van der Waals surface area contributed by atoms with Crippen LogP contribution in [0.3, 0.4) is 0 Å². The molecule has 1 atom stereocenters. The van der Waals surface area contributed by atoms with E-state index in [2.05, 4.69) is 10.6 Å². The van der Waals surface area contributed by atoms with Crippen molar-refractivity contribution in [1.82, 2.24) is 9.62 Å². The number of para-hydroxylation sites is 1. The lowest BCUT2D eigenvalue weighted by Gasteiger charge is -2.27. The quantitative estimate of drug-likeness (QED) is 0.614. The zero-order chi connectivity index (χ0) is 23.2. The normalized spacial score (nSPS) is 12.3. The smallest absolute Gasteiger partial charge is 0.304 e. The Bertz CT molecular complexity index is 1030. The Morgan fingerprint density at radius 3 is 2.26 bits per heavy atom. The maximum absolute atomic E-state index is 13.3. The first-order valence-corrected chi connectivity index (χ1v) is 11.1. The Morgan fingerprint density at radius 2 is 1.68 bits per heavy atom. The van der Waals surface area contributed by atoms with Crippen molar-refractivity contribution < 1.29 is 22.4 Å². The van der Waals surface area contributed by atoms with Crippen LogP contribution in [0.4, 0.5) is 15.8 Å². The summed E-state index contributed by atoms with van der Waals surface area (Å²) in [7, 11) is -1.37. The SMILES string of the molecule is CC[C@@H](C)NC(=O)c1ccccc1NC(=O)CN(c1ccc(F)cc1)S(=O)(=O)N(C)C. The molecule has 0 aliphatic heterocycles. The van der Waals surface area contributed by atoms with Crippen LogP contribution in [0.25, 0.3) is 0 Å². The van der Waals surface area contributed by atoms with Crippen molar-refractivity contribution in [1.29, 1.82) is 0 Å². The van der Waals surface area contributed by atoms with Crippen LogP contribution in [0.15, 0.2) is 48.5 Å². The van der Waals surface area contributed by atoms with Crippen molar-refractivity contribution in [3.8, 4) is 0 Å². The fraction of sp³-hybridized carbons (Fsp3) is 0.333. The van der Waals surface area contributed by atoms with Crippen LogP contribution in [0.2, 0.25) is 0 Å². The van der Waals surface area contributed by atoms with Gasteiger partial charge in [0.25, 0.3) is 5.91 Å². The molecule has 0 heterocycles. The number of benzene rings is 2. The Morgan fingerprint density at radius 1 is 1.06 bits per heavy atom. The van der Waals surface area contributed by atoms with Gasteiger partial charge in [0.15, 0.2) is 0 Å². The van der Waals surface area contributed by atoms with Gasteiger partial charge in [-0.3, -0.25) is 9.59 Å². The van der Waals surface area contributed by atoms with Crippen LogP contribution in [0, 0.1) is 5.82 Å². The van der Waals surface area contributed by atoms with Crippen molar-refractivity contribution in [3.05, 3.63) is 59.9 Å². The van der Waals surface area contributed by atoms with Crippen LogP contribution in [-0.2, 0) is 15.0 Å². The molecule has 0 aliphatic carbocycles. The molecule has 2 N–H and O–H groups in total. The highest BCUT2D eigenvalue weighted by Crippen LogP contribution is 2.21. The van der Waals surface area contributed by atoms with Gasteiger partial charge < -0.3 is 10.6 Å². The second kappa shape index (κ2) is 10.4. The third kappa shape index (κ3) is 6.25. The summed E-state index contributed by atoms with van der Waals surface area (Å²) in [6, 6.07) is 11.2. The minimum absolute atomic E-state index is 0.0459. The van der Waals surface area contributed by atoms with Crippen LogP contribution in [0.5, 0.6) is 0 Å². The molecule has 0 unspecified atom stereocenters. The summed E-state index contributed by atoms with van der Waals surface area (Å²) < 4.78 is 40.6. The van der Waals surface area contributed by atoms with Crippen LogP contribution < -0.4 is 14.9 Å². The van der Waals surface area contributed by atoms with Crippen LogP contribution >= 0.6 is 0 Å². The van der Waals surface area contributed by atoms with Crippen molar-refractivity contribution in [2.75, 3.05) is 30.3 Å².